The van der Waals surface area contributed by atoms with E-state index in [4.69, 9.17) is 0 Å². The summed E-state index contributed by atoms with van der Waals surface area (Å²) in [5.74, 6) is -28.0. The first-order valence-electron chi connectivity index (χ1n) is 4.08. The SMILES string of the molecule is O=CCC(F)(F)C(F)(F)C(F)(F)C(F)(F)C(F)(F)F. The van der Waals surface area contributed by atoms with Crippen LogP contribution in [-0.2, 0) is 4.79 Å². The molecule has 0 atom stereocenters. The third-order valence-electron chi connectivity index (χ3n) is 1.94. The second kappa shape index (κ2) is 4.47. The van der Waals surface area contributed by atoms with E-state index in [-0.39, 0.29) is 0 Å². The Hall–Kier alpha value is -1.10. The number of alkyl halides is 11. The molecule has 0 aromatic carbocycles. The largest absolute Gasteiger partial charge is 0.460 e. The van der Waals surface area contributed by atoms with Crippen molar-refractivity contribution in [2.45, 2.75) is 36.3 Å². The normalized spacial score (nSPS) is 15.5. The zero-order valence-corrected chi connectivity index (χ0v) is 8.35. The van der Waals surface area contributed by atoms with Gasteiger partial charge in [0, 0.05) is 0 Å². The van der Waals surface area contributed by atoms with Crippen molar-refractivity contribution in [2.75, 3.05) is 0 Å². The fraction of sp³-hybridized carbons (Fsp3) is 0.857. The van der Waals surface area contributed by atoms with Gasteiger partial charge in [-0.1, -0.05) is 0 Å². The summed E-state index contributed by atoms with van der Waals surface area (Å²) in [5, 5.41) is 0. The third kappa shape index (κ3) is 2.48. The van der Waals surface area contributed by atoms with Crippen molar-refractivity contribution in [3.63, 3.8) is 0 Å². The van der Waals surface area contributed by atoms with Gasteiger partial charge in [0.05, 0.1) is 6.42 Å². The Morgan fingerprint density at radius 3 is 1.26 bits per heavy atom. The van der Waals surface area contributed by atoms with Crippen LogP contribution in [0.3, 0.4) is 0 Å². The molecule has 0 rings (SSSR count). The molecule has 114 valence electrons. The van der Waals surface area contributed by atoms with Gasteiger partial charge in [-0.15, -0.1) is 0 Å². The van der Waals surface area contributed by atoms with Crippen LogP contribution in [0.2, 0.25) is 0 Å². The molecule has 0 aliphatic rings. The molecule has 0 aromatic rings. The molecule has 0 unspecified atom stereocenters. The topological polar surface area (TPSA) is 17.1 Å². The van der Waals surface area contributed by atoms with Crippen molar-refractivity contribution in [1.82, 2.24) is 0 Å². The second-order valence-electron chi connectivity index (χ2n) is 3.30. The summed E-state index contributed by atoms with van der Waals surface area (Å²) in [6, 6.07) is 0. The number of rotatable bonds is 5. The summed E-state index contributed by atoms with van der Waals surface area (Å²) < 4.78 is 134. The Morgan fingerprint density at radius 2 is 1.00 bits per heavy atom. The number of hydrogen-bond donors (Lipinski definition) is 0. The lowest BCUT2D eigenvalue weighted by molar-refractivity contribution is -0.421. The van der Waals surface area contributed by atoms with E-state index in [0.29, 0.717) is 0 Å². The Bertz CT molecular complexity index is 341. The maximum atomic E-state index is 12.6. The van der Waals surface area contributed by atoms with Crippen molar-refractivity contribution >= 4 is 6.29 Å². The maximum absolute atomic E-state index is 12.6. The summed E-state index contributed by atoms with van der Waals surface area (Å²) in [6.07, 6.45) is -10.9. The van der Waals surface area contributed by atoms with Crippen molar-refractivity contribution in [3.8, 4) is 0 Å². The second-order valence-corrected chi connectivity index (χ2v) is 3.30. The average molecular weight is 312 g/mol. The zero-order chi connectivity index (χ0) is 15.9. The number of hydrogen-bond acceptors (Lipinski definition) is 1. The van der Waals surface area contributed by atoms with Gasteiger partial charge in [0.15, 0.2) is 0 Å². The van der Waals surface area contributed by atoms with E-state index in [9.17, 15) is 53.1 Å². The van der Waals surface area contributed by atoms with Gasteiger partial charge >= 0.3 is 29.9 Å². The summed E-state index contributed by atoms with van der Waals surface area (Å²) in [7, 11) is 0. The van der Waals surface area contributed by atoms with Crippen LogP contribution >= 0.6 is 0 Å². The van der Waals surface area contributed by atoms with E-state index in [1.54, 1.807) is 0 Å². The first-order chi connectivity index (χ1) is 8.06. The molecule has 12 heteroatoms. The molecule has 0 aliphatic carbocycles. The van der Waals surface area contributed by atoms with Crippen LogP contribution in [0.15, 0.2) is 0 Å². The molecule has 0 aromatic heterocycles. The van der Waals surface area contributed by atoms with Gasteiger partial charge in [-0.3, -0.25) is 0 Å². The Kier molecular flexibility index (Phi) is 4.22. The summed E-state index contributed by atoms with van der Waals surface area (Å²) >= 11 is 0. The lowest BCUT2D eigenvalue weighted by Crippen LogP contribution is -2.66. The lowest BCUT2D eigenvalue weighted by atomic mass is 9.96. The predicted octanol–water partition coefficient (Wildman–Crippen LogP) is 3.68. The Labute approximate surface area is 96.9 Å². The number of aldehydes is 1. The van der Waals surface area contributed by atoms with Crippen LogP contribution in [0.1, 0.15) is 6.42 Å². The van der Waals surface area contributed by atoms with Crippen LogP contribution in [-0.4, -0.2) is 36.2 Å². The van der Waals surface area contributed by atoms with Crippen LogP contribution in [0.25, 0.3) is 0 Å². The first-order valence-corrected chi connectivity index (χ1v) is 4.08. The van der Waals surface area contributed by atoms with E-state index in [1.165, 1.54) is 0 Å². The molecule has 0 heterocycles. The monoisotopic (exact) mass is 312 g/mol. The molecule has 0 aliphatic heterocycles. The van der Waals surface area contributed by atoms with E-state index in [0.717, 1.165) is 0 Å². The van der Waals surface area contributed by atoms with E-state index in [2.05, 4.69) is 0 Å². The predicted molar refractivity (Wildman–Crippen MR) is 36.5 cm³/mol. The van der Waals surface area contributed by atoms with Gasteiger partial charge in [0.2, 0.25) is 0 Å². The Morgan fingerprint density at radius 1 is 0.632 bits per heavy atom. The molecular formula is C7H3F11O. The molecule has 0 saturated heterocycles. The fourth-order valence-corrected chi connectivity index (χ4v) is 0.838. The molecular weight excluding hydrogens is 309 g/mol. The maximum Gasteiger partial charge on any atom is 0.460 e. The van der Waals surface area contributed by atoms with Crippen LogP contribution in [0, 0.1) is 0 Å². The quantitative estimate of drug-likeness (QED) is 0.559. The van der Waals surface area contributed by atoms with Crippen molar-refractivity contribution in [3.05, 3.63) is 0 Å². The number of carbonyl (C=O) groups is 1. The minimum atomic E-state index is -7.44. The fourth-order valence-electron chi connectivity index (χ4n) is 0.838. The van der Waals surface area contributed by atoms with Crippen molar-refractivity contribution in [1.29, 1.82) is 0 Å². The molecule has 19 heavy (non-hydrogen) atoms. The van der Waals surface area contributed by atoms with Gasteiger partial charge in [-0.25, -0.2) is 0 Å². The molecule has 0 amide bonds. The molecule has 0 spiro atoms. The lowest BCUT2D eigenvalue weighted by Gasteiger charge is -2.36. The summed E-state index contributed by atoms with van der Waals surface area (Å²) in [5.41, 5.74) is 0. The Balaban J connectivity index is 5.83. The number of halogens is 11. The highest BCUT2D eigenvalue weighted by molar-refractivity contribution is 5.51. The van der Waals surface area contributed by atoms with Gasteiger partial charge in [-0.05, 0) is 0 Å². The van der Waals surface area contributed by atoms with Gasteiger partial charge in [0.1, 0.15) is 6.29 Å². The molecule has 0 saturated carbocycles. The van der Waals surface area contributed by atoms with E-state index >= 15 is 0 Å². The highest BCUT2D eigenvalue weighted by atomic mass is 19.4. The van der Waals surface area contributed by atoms with Gasteiger partial charge in [-0.2, -0.15) is 48.3 Å². The van der Waals surface area contributed by atoms with Crippen molar-refractivity contribution in [2.24, 2.45) is 0 Å². The van der Waals surface area contributed by atoms with Gasteiger partial charge in [0.25, 0.3) is 0 Å². The minimum absolute atomic E-state index is 1.02. The average Bonchev–Trinajstić information content (AvgIpc) is 2.14. The van der Waals surface area contributed by atoms with Crippen molar-refractivity contribution < 1.29 is 53.1 Å². The highest BCUT2D eigenvalue weighted by Crippen LogP contribution is 2.57. The smallest absolute Gasteiger partial charge is 0.303 e. The summed E-state index contributed by atoms with van der Waals surface area (Å²) in [6.45, 7) is 0. The highest BCUT2D eigenvalue weighted by Gasteiger charge is 2.86. The van der Waals surface area contributed by atoms with Crippen LogP contribution < -0.4 is 0 Å². The molecule has 0 N–H and O–H groups in total. The zero-order valence-electron chi connectivity index (χ0n) is 8.35. The van der Waals surface area contributed by atoms with Crippen LogP contribution in [0.4, 0.5) is 48.3 Å². The molecule has 0 fully saturated rings. The number of carbonyl (C=O) groups excluding carboxylic acids is 1. The van der Waals surface area contributed by atoms with Crippen LogP contribution in [0.5, 0.6) is 0 Å². The first kappa shape index (κ1) is 17.9. The van der Waals surface area contributed by atoms with E-state index < -0.39 is 42.6 Å². The molecule has 0 bridgehead atoms. The standard InChI is InChI=1S/C7H3F11O/c8-3(9,1-2-19)4(10,11)5(12,13)6(14,15)7(16,17)18/h2H,1H2. The van der Waals surface area contributed by atoms with Gasteiger partial charge < -0.3 is 4.79 Å². The minimum Gasteiger partial charge on any atom is -0.303 e. The third-order valence-corrected chi connectivity index (χ3v) is 1.94. The molecule has 1 nitrogen and oxygen atoms in total. The molecule has 0 radical (unpaired) electrons. The van der Waals surface area contributed by atoms with E-state index in [1.807, 2.05) is 0 Å². The summed E-state index contributed by atoms with van der Waals surface area (Å²) in [4.78, 5) is 9.57.